The van der Waals surface area contributed by atoms with Crippen LogP contribution in [0.2, 0.25) is 0 Å². The van der Waals surface area contributed by atoms with E-state index in [2.05, 4.69) is 44.6 Å². The van der Waals surface area contributed by atoms with E-state index >= 15 is 0 Å². The summed E-state index contributed by atoms with van der Waals surface area (Å²) >= 11 is 0. The van der Waals surface area contributed by atoms with Gasteiger partial charge >= 0.3 is 0 Å². The van der Waals surface area contributed by atoms with E-state index in [1.54, 1.807) is 0 Å². The van der Waals surface area contributed by atoms with Crippen LogP contribution in [-0.2, 0) is 26.2 Å². The van der Waals surface area contributed by atoms with Gasteiger partial charge in [0, 0.05) is 26.2 Å². The maximum atomic E-state index is 2.74. The number of hydrogen-bond acceptors (Lipinski definition) is 0. The Bertz CT molecular complexity index is 238. The van der Waals surface area contributed by atoms with E-state index in [0.29, 0.717) is 0 Å². The van der Waals surface area contributed by atoms with Crippen molar-refractivity contribution in [2.24, 2.45) is 0 Å². The van der Waals surface area contributed by atoms with Gasteiger partial charge in [0.2, 0.25) is 0 Å². The van der Waals surface area contributed by atoms with E-state index in [9.17, 15) is 0 Å². The molecule has 0 atom stereocenters. The zero-order chi connectivity index (χ0) is 10.9. The van der Waals surface area contributed by atoms with Gasteiger partial charge in [0.15, 0.2) is 0 Å². The van der Waals surface area contributed by atoms with Crippen molar-refractivity contribution in [2.45, 2.75) is 6.92 Å². The SMILES string of the molecule is CC=CC=C[N+](C)(C)C.[Zr].[c-]1ccc[nH]1. The zero-order valence-electron chi connectivity index (χ0n) is 9.99. The molecule has 0 spiro atoms. The summed E-state index contributed by atoms with van der Waals surface area (Å²) in [6, 6.07) is 3.71. The average Bonchev–Trinajstić information content (AvgIpc) is 2.59. The number of hydrogen-bond donors (Lipinski definition) is 1. The molecule has 0 bridgehead atoms. The molecule has 0 aromatic carbocycles. The summed E-state index contributed by atoms with van der Waals surface area (Å²) < 4.78 is 0.879. The van der Waals surface area contributed by atoms with Gasteiger partial charge in [-0.05, 0) is 13.0 Å². The molecule has 0 saturated heterocycles. The molecule has 0 saturated carbocycles. The first-order valence-electron chi connectivity index (χ1n) is 4.67. The molecular weight excluding hydrogens is 263 g/mol. The van der Waals surface area contributed by atoms with Crippen molar-refractivity contribution in [1.29, 1.82) is 0 Å². The summed E-state index contributed by atoms with van der Waals surface area (Å²) in [6.07, 6.45) is 12.8. The Hall–Kier alpha value is -0.397. The standard InChI is InChI=1S/C8H16N.C4H4N.Zr/c1-5-6-7-8-9(2,3)4;1-2-4-5-3-1;/h5-8H,1-4H3;1-3,5H;/q+1;-1;. The first-order valence-corrected chi connectivity index (χ1v) is 4.67. The molecule has 1 heterocycles. The van der Waals surface area contributed by atoms with Crippen LogP contribution in [0.4, 0.5) is 0 Å². The summed E-state index contributed by atoms with van der Waals surface area (Å²) in [5.41, 5.74) is 0. The van der Waals surface area contributed by atoms with E-state index in [0.717, 1.165) is 4.48 Å². The predicted octanol–water partition coefficient (Wildman–Crippen LogP) is 2.59. The molecule has 0 radical (unpaired) electrons. The van der Waals surface area contributed by atoms with Crippen molar-refractivity contribution in [2.75, 3.05) is 21.1 Å². The van der Waals surface area contributed by atoms with Crippen molar-refractivity contribution < 1.29 is 30.7 Å². The minimum absolute atomic E-state index is 0. The minimum Gasteiger partial charge on any atom is -0.484 e. The van der Waals surface area contributed by atoms with Crippen LogP contribution in [0, 0.1) is 6.20 Å². The molecule has 1 N–H and O–H groups in total. The van der Waals surface area contributed by atoms with Gasteiger partial charge in [0.1, 0.15) is 0 Å². The quantitative estimate of drug-likeness (QED) is 0.488. The fourth-order valence-electron chi connectivity index (χ4n) is 0.660. The van der Waals surface area contributed by atoms with Gasteiger partial charge in [-0.1, -0.05) is 12.2 Å². The van der Waals surface area contributed by atoms with Crippen LogP contribution in [0.3, 0.4) is 0 Å². The third-order valence-electron chi connectivity index (χ3n) is 1.28. The largest absolute Gasteiger partial charge is 0.484 e. The van der Waals surface area contributed by atoms with Crippen LogP contribution >= 0.6 is 0 Å². The molecule has 0 aliphatic rings. The van der Waals surface area contributed by atoms with Crippen LogP contribution < -0.4 is 0 Å². The van der Waals surface area contributed by atoms with Crippen LogP contribution in [0.25, 0.3) is 0 Å². The summed E-state index contributed by atoms with van der Waals surface area (Å²) in [6.45, 7) is 2.01. The van der Waals surface area contributed by atoms with Gasteiger partial charge in [0.25, 0.3) is 0 Å². The molecule has 1 aromatic heterocycles. The van der Waals surface area contributed by atoms with Gasteiger partial charge in [-0.3, -0.25) is 0 Å². The van der Waals surface area contributed by atoms with E-state index in [1.165, 1.54) is 0 Å². The van der Waals surface area contributed by atoms with Gasteiger partial charge in [-0.25, -0.2) is 0 Å². The maximum Gasteiger partial charge on any atom is 0.0952 e. The summed E-state index contributed by atoms with van der Waals surface area (Å²) in [4.78, 5) is 2.74. The van der Waals surface area contributed by atoms with Crippen molar-refractivity contribution in [3.8, 4) is 0 Å². The molecule has 0 fully saturated rings. The molecular formula is C12H20N2Zr. The van der Waals surface area contributed by atoms with Gasteiger partial charge < -0.3 is 9.47 Å². The fraction of sp³-hybridized carbons (Fsp3) is 0.333. The first-order chi connectivity index (χ1) is 6.56. The number of aromatic nitrogens is 1. The number of nitrogens with zero attached hydrogens (tertiary/aromatic N) is 1. The molecule has 3 heteroatoms. The molecule has 0 unspecified atom stereocenters. The molecule has 2 nitrogen and oxygen atoms in total. The van der Waals surface area contributed by atoms with E-state index in [1.807, 2.05) is 37.4 Å². The average molecular weight is 284 g/mol. The van der Waals surface area contributed by atoms with Crippen LogP contribution in [0.5, 0.6) is 0 Å². The second-order valence-corrected chi connectivity index (χ2v) is 3.80. The van der Waals surface area contributed by atoms with Crippen molar-refractivity contribution >= 4 is 0 Å². The van der Waals surface area contributed by atoms with Crippen molar-refractivity contribution in [3.63, 3.8) is 0 Å². The topological polar surface area (TPSA) is 15.8 Å². The van der Waals surface area contributed by atoms with Crippen LogP contribution in [0.15, 0.2) is 42.8 Å². The maximum absolute atomic E-state index is 2.74. The Balaban J connectivity index is 0. The Morgan fingerprint density at radius 1 is 1.20 bits per heavy atom. The van der Waals surface area contributed by atoms with Crippen LogP contribution in [0.1, 0.15) is 6.92 Å². The molecule has 0 aliphatic heterocycles. The molecule has 0 amide bonds. The summed E-state index contributed by atoms with van der Waals surface area (Å²) in [7, 11) is 6.38. The van der Waals surface area contributed by atoms with E-state index in [-0.39, 0.29) is 26.2 Å². The van der Waals surface area contributed by atoms with Crippen LogP contribution in [-0.4, -0.2) is 30.6 Å². The van der Waals surface area contributed by atoms with Gasteiger partial charge in [-0.2, -0.15) is 18.3 Å². The van der Waals surface area contributed by atoms with Gasteiger partial charge in [-0.15, -0.1) is 6.20 Å². The first kappa shape index (κ1) is 17.0. The summed E-state index contributed by atoms with van der Waals surface area (Å²) in [5.74, 6) is 0. The van der Waals surface area contributed by atoms with E-state index in [4.69, 9.17) is 0 Å². The number of aromatic amines is 1. The normalized spacial score (nSPS) is 10.9. The van der Waals surface area contributed by atoms with E-state index < -0.39 is 0 Å². The number of quaternary nitrogens is 1. The Labute approximate surface area is 112 Å². The number of rotatable bonds is 2. The molecule has 15 heavy (non-hydrogen) atoms. The molecule has 0 aliphatic carbocycles. The number of allylic oxidation sites excluding steroid dienone is 3. The smallest absolute Gasteiger partial charge is 0.0952 e. The number of H-pyrrole nitrogens is 1. The number of nitrogens with one attached hydrogen (secondary N) is 1. The zero-order valence-corrected chi connectivity index (χ0v) is 12.4. The van der Waals surface area contributed by atoms with Crippen molar-refractivity contribution in [1.82, 2.24) is 4.98 Å². The summed E-state index contributed by atoms with van der Waals surface area (Å²) in [5, 5.41) is 0. The molecule has 82 valence electrons. The molecule has 1 rings (SSSR count). The Morgan fingerprint density at radius 2 is 1.87 bits per heavy atom. The molecule has 1 aromatic rings. The monoisotopic (exact) mass is 282 g/mol. The Kier molecular flexibility index (Phi) is 11.5. The fourth-order valence-corrected chi connectivity index (χ4v) is 0.660. The third kappa shape index (κ3) is 16.3. The van der Waals surface area contributed by atoms with Crippen molar-refractivity contribution in [3.05, 3.63) is 49.0 Å². The predicted molar refractivity (Wildman–Crippen MR) is 61.6 cm³/mol. The second-order valence-electron chi connectivity index (χ2n) is 3.80. The third-order valence-corrected chi connectivity index (χ3v) is 1.28. The van der Waals surface area contributed by atoms with Gasteiger partial charge in [0.05, 0.1) is 27.3 Å². The second kappa shape index (κ2) is 10.1. The minimum atomic E-state index is 0. The Morgan fingerprint density at radius 3 is 2.13 bits per heavy atom.